The number of rotatable bonds is 5. The number of aryl methyl sites for hydroxylation is 2. The highest BCUT2D eigenvalue weighted by Gasteiger charge is 2.19. The normalized spacial score (nSPS) is 12.1. The van der Waals surface area contributed by atoms with Crippen molar-refractivity contribution in [2.24, 2.45) is 0 Å². The maximum absolute atomic E-state index is 11.9. The second-order valence-corrected chi connectivity index (χ2v) is 5.64. The minimum absolute atomic E-state index is 0.132. The minimum atomic E-state index is -3.69. The number of aliphatic hydroxyl groups excluding tert-OH is 2. The molecular formula is C11H17NO4S. The van der Waals surface area contributed by atoms with Crippen LogP contribution in [-0.2, 0) is 10.0 Å². The summed E-state index contributed by atoms with van der Waals surface area (Å²) in [7, 11) is -3.69. The van der Waals surface area contributed by atoms with Crippen molar-refractivity contribution in [3.63, 3.8) is 0 Å². The lowest BCUT2D eigenvalue weighted by Gasteiger charge is -2.14. The van der Waals surface area contributed by atoms with Crippen LogP contribution in [0.1, 0.15) is 11.1 Å². The molecule has 0 saturated heterocycles. The van der Waals surface area contributed by atoms with Gasteiger partial charge in [0, 0.05) is 0 Å². The van der Waals surface area contributed by atoms with E-state index in [-0.39, 0.29) is 4.90 Å². The lowest BCUT2D eigenvalue weighted by Crippen LogP contribution is -2.40. The van der Waals surface area contributed by atoms with Crippen LogP contribution >= 0.6 is 0 Å². The van der Waals surface area contributed by atoms with Crippen LogP contribution in [0, 0.1) is 13.8 Å². The quantitative estimate of drug-likeness (QED) is 0.691. The standard InChI is InChI=1S/C11H17NO4S/c1-8-3-4-11(5-9(8)2)17(15,16)12-10(6-13)7-14/h3-5,10,12-14H,6-7H2,1-2H3. The van der Waals surface area contributed by atoms with Crippen LogP contribution in [0.15, 0.2) is 23.1 Å². The summed E-state index contributed by atoms with van der Waals surface area (Å²) >= 11 is 0. The first-order valence-corrected chi connectivity index (χ1v) is 6.70. The molecule has 0 amide bonds. The lowest BCUT2D eigenvalue weighted by molar-refractivity contribution is 0.185. The maximum Gasteiger partial charge on any atom is 0.240 e. The van der Waals surface area contributed by atoms with E-state index in [0.29, 0.717) is 0 Å². The van der Waals surface area contributed by atoms with Gasteiger partial charge in [-0.3, -0.25) is 0 Å². The van der Waals surface area contributed by atoms with Gasteiger partial charge in [0.1, 0.15) is 0 Å². The number of hydrogen-bond donors (Lipinski definition) is 3. The molecule has 0 atom stereocenters. The summed E-state index contributed by atoms with van der Waals surface area (Å²) in [6.45, 7) is 2.83. The Morgan fingerprint density at radius 1 is 1.18 bits per heavy atom. The average Bonchev–Trinajstić information content (AvgIpc) is 2.29. The Balaban J connectivity index is 3.01. The Labute approximate surface area is 101 Å². The molecule has 1 rings (SSSR count). The molecule has 1 aromatic carbocycles. The summed E-state index contributed by atoms with van der Waals surface area (Å²) in [6.07, 6.45) is 0. The molecule has 0 spiro atoms. The topological polar surface area (TPSA) is 86.6 Å². The molecule has 0 saturated carbocycles. The zero-order valence-corrected chi connectivity index (χ0v) is 10.7. The van der Waals surface area contributed by atoms with E-state index in [2.05, 4.69) is 4.72 Å². The van der Waals surface area contributed by atoms with E-state index in [0.717, 1.165) is 11.1 Å². The van der Waals surface area contributed by atoms with Crippen LogP contribution in [-0.4, -0.2) is 37.9 Å². The van der Waals surface area contributed by atoms with Gasteiger partial charge in [0.15, 0.2) is 0 Å². The van der Waals surface area contributed by atoms with Gasteiger partial charge < -0.3 is 10.2 Å². The van der Waals surface area contributed by atoms with Crippen molar-refractivity contribution in [3.8, 4) is 0 Å². The van der Waals surface area contributed by atoms with Gasteiger partial charge in [-0.1, -0.05) is 6.07 Å². The first kappa shape index (κ1) is 14.1. The summed E-state index contributed by atoms with van der Waals surface area (Å²) in [5, 5.41) is 17.7. The van der Waals surface area contributed by atoms with Crippen molar-refractivity contribution in [2.75, 3.05) is 13.2 Å². The molecule has 6 heteroatoms. The zero-order valence-electron chi connectivity index (χ0n) is 9.84. The van der Waals surface area contributed by atoms with E-state index in [4.69, 9.17) is 10.2 Å². The highest BCUT2D eigenvalue weighted by atomic mass is 32.2. The maximum atomic E-state index is 11.9. The van der Waals surface area contributed by atoms with E-state index < -0.39 is 29.3 Å². The Morgan fingerprint density at radius 3 is 2.24 bits per heavy atom. The highest BCUT2D eigenvalue weighted by molar-refractivity contribution is 7.89. The third-order valence-corrected chi connectivity index (χ3v) is 4.07. The second-order valence-electron chi connectivity index (χ2n) is 3.93. The van der Waals surface area contributed by atoms with Gasteiger partial charge in [-0.2, -0.15) is 0 Å². The van der Waals surface area contributed by atoms with Crippen molar-refractivity contribution in [2.45, 2.75) is 24.8 Å². The molecule has 3 N–H and O–H groups in total. The van der Waals surface area contributed by atoms with Crippen LogP contribution < -0.4 is 4.72 Å². The predicted molar refractivity (Wildman–Crippen MR) is 64.2 cm³/mol. The molecule has 5 nitrogen and oxygen atoms in total. The van der Waals surface area contributed by atoms with Gasteiger partial charge in [0.25, 0.3) is 0 Å². The highest BCUT2D eigenvalue weighted by Crippen LogP contribution is 2.14. The van der Waals surface area contributed by atoms with Crippen LogP contribution in [0.3, 0.4) is 0 Å². The third kappa shape index (κ3) is 3.50. The molecule has 0 bridgehead atoms. The number of hydrogen-bond acceptors (Lipinski definition) is 4. The molecule has 0 aliphatic heterocycles. The summed E-state index contributed by atoms with van der Waals surface area (Å²) in [4.78, 5) is 0.132. The fraction of sp³-hybridized carbons (Fsp3) is 0.455. The first-order chi connectivity index (χ1) is 7.90. The van der Waals surface area contributed by atoms with Crippen molar-refractivity contribution >= 4 is 10.0 Å². The fourth-order valence-corrected chi connectivity index (χ4v) is 2.60. The lowest BCUT2D eigenvalue weighted by atomic mass is 10.1. The molecule has 96 valence electrons. The zero-order chi connectivity index (χ0) is 13.1. The average molecular weight is 259 g/mol. The van der Waals surface area contributed by atoms with Gasteiger partial charge in [0.05, 0.1) is 24.2 Å². The van der Waals surface area contributed by atoms with Crippen LogP contribution in [0.25, 0.3) is 0 Å². The Kier molecular flexibility index (Phi) is 4.64. The molecular weight excluding hydrogens is 242 g/mol. The molecule has 0 unspecified atom stereocenters. The summed E-state index contributed by atoms with van der Waals surface area (Å²) in [5.74, 6) is 0. The fourth-order valence-electron chi connectivity index (χ4n) is 1.30. The van der Waals surface area contributed by atoms with E-state index in [9.17, 15) is 8.42 Å². The molecule has 1 aromatic rings. The van der Waals surface area contributed by atoms with Crippen molar-refractivity contribution < 1.29 is 18.6 Å². The number of sulfonamides is 1. The monoisotopic (exact) mass is 259 g/mol. The number of aliphatic hydroxyl groups is 2. The predicted octanol–water partition coefficient (Wildman–Crippen LogP) is -0.0651. The summed E-state index contributed by atoms with van der Waals surface area (Å²) < 4.78 is 26.0. The largest absolute Gasteiger partial charge is 0.395 e. The smallest absolute Gasteiger partial charge is 0.240 e. The molecule has 0 heterocycles. The van der Waals surface area contributed by atoms with Crippen LogP contribution in [0.2, 0.25) is 0 Å². The van der Waals surface area contributed by atoms with Crippen molar-refractivity contribution in [1.29, 1.82) is 0 Å². The Hall–Kier alpha value is -0.950. The van der Waals surface area contributed by atoms with Gasteiger partial charge >= 0.3 is 0 Å². The van der Waals surface area contributed by atoms with E-state index in [1.54, 1.807) is 12.1 Å². The SMILES string of the molecule is Cc1ccc(S(=O)(=O)NC(CO)CO)cc1C. The molecule has 0 fully saturated rings. The van der Waals surface area contributed by atoms with E-state index in [1.165, 1.54) is 6.07 Å². The molecule has 0 aliphatic carbocycles. The first-order valence-electron chi connectivity index (χ1n) is 5.22. The number of benzene rings is 1. The Morgan fingerprint density at radius 2 is 1.76 bits per heavy atom. The number of nitrogens with one attached hydrogen (secondary N) is 1. The van der Waals surface area contributed by atoms with Crippen LogP contribution in [0.5, 0.6) is 0 Å². The van der Waals surface area contributed by atoms with Gasteiger partial charge in [-0.05, 0) is 37.1 Å². The molecule has 0 aliphatic rings. The van der Waals surface area contributed by atoms with Crippen molar-refractivity contribution in [1.82, 2.24) is 4.72 Å². The third-order valence-electron chi connectivity index (χ3n) is 2.55. The molecule has 17 heavy (non-hydrogen) atoms. The molecule has 0 radical (unpaired) electrons. The summed E-state index contributed by atoms with van der Waals surface area (Å²) in [6, 6.07) is 3.90. The van der Waals surface area contributed by atoms with Crippen LogP contribution in [0.4, 0.5) is 0 Å². The second kappa shape index (κ2) is 5.59. The Bertz CT molecular complexity index is 480. The van der Waals surface area contributed by atoms with Crippen molar-refractivity contribution in [3.05, 3.63) is 29.3 Å². The van der Waals surface area contributed by atoms with E-state index in [1.807, 2.05) is 13.8 Å². The van der Waals surface area contributed by atoms with Gasteiger partial charge in [-0.15, -0.1) is 0 Å². The summed E-state index contributed by atoms with van der Waals surface area (Å²) in [5.41, 5.74) is 1.88. The van der Waals surface area contributed by atoms with Gasteiger partial charge in [-0.25, -0.2) is 13.1 Å². The van der Waals surface area contributed by atoms with E-state index >= 15 is 0 Å². The minimum Gasteiger partial charge on any atom is -0.395 e. The molecule has 0 aromatic heterocycles. The van der Waals surface area contributed by atoms with Gasteiger partial charge in [0.2, 0.25) is 10.0 Å².